The quantitative estimate of drug-likeness (QED) is 0.461. The van der Waals surface area contributed by atoms with Crippen molar-refractivity contribution >= 4 is 27.5 Å². The fraction of sp³-hybridized carbons (Fsp3) is 0.500. The molecule has 0 aliphatic heterocycles. The molecule has 0 aromatic heterocycles. The van der Waals surface area contributed by atoms with Gasteiger partial charge in [-0.2, -0.15) is 0 Å². The van der Waals surface area contributed by atoms with Crippen molar-refractivity contribution in [1.82, 2.24) is 10.2 Å². The first kappa shape index (κ1) is 28.6. The van der Waals surface area contributed by atoms with Crippen LogP contribution in [-0.2, 0) is 26.2 Å². The predicted octanol–water partition coefficient (Wildman–Crippen LogP) is 4.55. The van der Waals surface area contributed by atoms with E-state index in [9.17, 15) is 22.4 Å². The lowest BCUT2D eigenvalue weighted by Gasteiger charge is -2.31. The lowest BCUT2D eigenvalue weighted by atomic mass is 9.95. The van der Waals surface area contributed by atoms with Crippen LogP contribution in [0.2, 0.25) is 0 Å². The van der Waals surface area contributed by atoms with E-state index in [0.29, 0.717) is 11.3 Å². The molecular weight excluding hydrogens is 493 g/mol. The van der Waals surface area contributed by atoms with Crippen molar-refractivity contribution in [2.75, 3.05) is 17.1 Å². The molecule has 1 atom stereocenters. The van der Waals surface area contributed by atoms with Crippen molar-refractivity contribution in [1.29, 1.82) is 0 Å². The second kappa shape index (κ2) is 13.0. The van der Waals surface area contributed by atoms with Crippen LogP contribution in [0.3, 0.4) is 0 Å². The normalized spacial score (nSPS) is 15.1. The number of benzene rings is 2. The zero-order valence-electron chi connectivity index (χ0n) is 22.0. The van der Waals surface area contributed by atoms with E-state index < -0.39 is 21.9 Å². The average molecular weight is 532 g/mol. The summed E-state index contributed by atoms with van der Waals surface area (Å²) in [5.74, 6) is -1.02. The van der Waals surface area contributed by atoms with Crippen molar-refractivity contribution in [2.45, 2.75) is 77.4 Å². The number of aryl methyl sites for hydroxylation is 1. The summed E-state index contributed by atoms with van der Waals surface area (Å²) in [5.41, 5.74) is 1.71. The first-order chi connectivity index (χ1) is 17.6. The number of carbonyl (C=O) groups excluding carboxylic acids is 2. The summed E-state index contributed by atoms with van der Waals surface area (Å²) >= 11 is 0. The molecule has 2 amide bonds. The van der Waals surface area contributed by atoms with Crippen LogP contribution in [0.25, 0.3) is 0 Å². The molecule has 37 heavy (non-hydrogen) atoms. The number of nitrogens with zero attached hydrogens (tertiary/aromatic N) is 2. The Kier molecular flexibility index (Phi) is 10.1. The van der Waals surface area contributed by atoms with Crippen LogP contribution >= 0.6 is 0 Å². The van der Waals surface area contributed by atoms with E-state index in [1.807, 2.05) is 19.1 Å². The summed E-state index contributed by atoms with van der Waals surface area (Å²) in [7, 11) is -3.56. The van der Waals surface area contributed by atoms with E-state index in [1.54, 1.807) is 37.3 Å². The maximum absolute atomic E-state index is 14.5. The molecule has 0 radical (unpaired) electrons. The van der Waals surface area contributed by atoms with E-state index in [1.165, 1.54) is 15.3 Å². The average Bonchev–Trinajstić information content (AvgIpc) is 2.86. The highest BCUT2D eigenvalue weighted by Gasteiger charge is 2.29. The van der Waals surface area contributed by atoms with Crippen LogP contribution in [0.15, 0.2) is 48.5 Å². The Hall–Kier alpha value is -2.94. The van der Waals surface area contributed by atoms with Gasteiger partial charge in [-0.3, -0.25) is 13.9 Å². The van der Waals surface area contributed by atoms with Crippen molar-refractivity contribution in [2.24, 2.45) is 0 Å². The van der Waals surface area contributed by atoms with Gasteiger partial charge in [-0.05, 0) is 50.8 Å². The SMILES string of the molecule is Cc1ccccc1N(CCCC(=O)N(Cc1ccccc1F)C(C)C(=O)NC1CCCCC1)S(C)(=O)=O. The minimum absolute atomic E-state index is 0.0212. The van der Waals surface area contributed by atoms with Gasteiger partial charge in [0.2, 0.25) is 21.8 Å². The standard InChI is InChI=1S/C28H38FN3O4S/c1-21-12-7-10-17-26(21)32(37(3,35)36)19-11-18-27(33)31(20-23-13-8-9-16-25(23)29)22(2)28(34)30-24-14-5-4-6-15-24/h7-10,12-13,16-17,22,24H,4-6,11,14-15,18-20H2,1-3H3,(H,30,34). The fourth-order valence-corrected chi connectivity index (χ4v) is 5.81. The van der Waals surface area contributed by atoms with Gasteiger partial charge in [0.1, 0.15) is 11.9 Å². The maximum Gasteiger partial charge on any atom is 0.242 e. The second-order valence-corrected chi connectivity index (χ2v) is 11.8. The van der Waals surface area contributed by atoms with Gasteiger partial charge in [0.25, 0.3) is 0 Å². The predicted molar refractivity (Wildman–Crippen MR) is 144 cm³/mol. The first-order valence-corrected chi connectivity index (χ1v) is 14.8. The Labute approximate surface area is 220 Å². The van der Waals surface area contributed by atoms with Crippen molar-refractivity contribution < 1.29 is 22.4 Å². The molecule has 3 rings (SSSR count). The highest BCUT2D eigenvalue weighted by Crippen LogP contribution is 2.23. The van der Waals surface area contributed by atoms with Gasteiger partial charge in [-0.25, -0.2) is 12.8 Å². The zero-order valence-corrected chi connectivity index (χ0v) is 22.8. The molecule has 1 fully saturated rings. The van der Waals surface area contributed by atoms with E-state index >= 15 is 0 Å². The highest BCUT2D eigenvalue weighted by atomic mass is 32.2. The van der Waals surface area contributed by atoms with Crippen molar-refractivity contribution in [3.05, 3.63) is 65.5 Å². The van der Waals surface area contributed by atoms with Gasteiger partial charge >= 0.3 is 0 Å². The summed E-state index contributed by atoms with van der Waals surface area (Å²) in [4.78, 5) is 27.9. The molecule has 1 saturated carbocycles. The van der Waals surface area contributed by atoms with Crippen LogP contribution in [0, 0.1) is 12.7 Å². The van der Waals surface area contributed by atoms with Crippen LogP contribution in [0.1, 0.15) is 63.0 Å². The number of para-hydroxylation sites is 1. The van der Waals surface area contributed by atoms with Crippen LogP contribution in [-0.4, -0.2) is 50.0 Å². The first-order valence-electron chi connectivity index (χ1n) is 12.9. The molecule has 0 saturated heterocycles. The Morgan fingerprint density at radius 1 is 1.05 bits per heavy atom. The van der Waals surface area contributed by atoms with Crippen LogP contribution < -0.4 is 9.62 Å². The maximum atomic E-state index is 14.5. The number of hydrogen-bond acceptors (Lipinski definition) is 4. The lowest BCUT2D eigenvalue weighted by molar-refractivity contribution is -0.141. The molecule has 1 N–H and O–H groups in total. The number of amides is 2. The Balaban J connectivity index is 1.73. The number of rotatable bonds is 11. The summed E-state index contributed by atoms with van der Waals surface area (Å²) in [6.45, 7) is 3.57. The molecule has 9 heteroatoms. The third kappa shape index (κ3) is 8.02. The number of halogens is 1. The van der Waals surface area contributed by atoms with Gasteiger partial charge in [0.05, 0.1) is 11.9 Å². The number of anilines is 1. The molecule has 1 aliphatic rings. The largest absolute Gasteiger partial charge is 0.352 e. The summed E-state index contributed by atoms with van der Waals surface area (Å²) < 4.78 is 40.7. The monoisotopic (exact) mass is 531 g/mol. The smallest absolute Gasteiger partial charge is 0.242 e. The Bertz CT molecular complexity index is 1180. The van der Waals surface area contributed by atoms with E-state index in [0.717, 1.165) is 43.9 Å². The fourth-order valence-electron chi connectivity index (χ4n) is 4.79. The van der Waals surface area contributed by atoms with Gasteiger partial charge in [-0.1, -0.05) is 55.7 Å². The van der Waals surface area contributed by atoms with Gasteiger partial charge in [0.15, 0.2) is 0 Å². The number of hydrogen-bond donors (Lipinski definition) is 1. The number of carbonyl (C=O) groups is 2. The van der Waals surface area contributed by atoms with Crippen LogP contribution in [0.5, 0.6) is 0 Å². The summed E-state index contributed by atoms with van der Waals surface area (Å²) in [6, 6.07) is 12.7. The highest BCUT2D eigenvalue weighted by molar-refractivity contribution is 7.92. The number of sulfonamides is 1. The minimum atomic E-state index is -3.56. The van der Waals surface area contributed by atoms with Gasteiger partial charge in [0, 0.05) is 31.1 Å². The number of nitrogens with one attached hydrogen (secondary N) is 1. The van der Waals surface area contributed by atoms with Crippen molar-refractivity contribution in [3.63, 3.8) is 0 Å². The van der Waals surface area contributed by atoms with Gasteiger partial charge < -0.3 is 10.2 Å². The van der Waals surface area contributed by atoms with Crippen LogP contribution in [0.4, 0.5) is 10.1 Å². The third-order valence-electron chi connectivity index (χ3n) is 6.95. The molecule has 0 bridgehead atoms. The Morgan fingerprint density at radius 3 is 2.35 bits per heavy atom. The molecule has 7 nitrogen and oxygen atoms in total. The molecule has 1 aliphatic carbocycles. The zero-order chi connectivity index (χ0) is 27.0. The Morgan fingerprint density at radius 2 is 1.70 bits per heavy atom. The second-order valence-electron chi connectivity index (χ2n) is 9.86. The molecule has 2 aromatic carbocycles. The third-order valence-corrected chi connectivity index (χ3v) is 8.13. The molecule has 0 spiro atoms. The molecule has 1 unspecified atom stereocenters. The van der Waals surface area contributed by atoms with Crippen molar-refractivity contribution in [3.8, 4) is 0 Å². The topological polar surface area (TPSA) is 86.8 Å². The van der Waals surface area contributed by atoms with Gasteiger partial charge in [-0.15, -0.1) is 0 Å². The lowest BCUT2D eigenvalue weighted by Crippen LogP contribution is -2.50. The molecular formula is C28H38FN3O4S. The van der Waals surface area contributed by atoms with E-state index in [4.69, 9.17) is 0 Å². The summed E-state index contributed by atoms with van der Waals surface area (Å²) in [5, 5.41) is 3.06. The van der Waals surface area contributed by atoms with E-state index in [2.05, 4.69) is 5.32 Å². The molecule has 202 valence electrons. The molecule has 2 aromatic rings. The minimum Gasteiger partial charge on any atom is -0.352 e. The molecule has 0 heterocycles. The summed E-state index contributed by atoms with van der Waals surface area (Å²) in [6.07, 6.45) is 6.54. The van der Waals surface area contributed by atoms with E-state index in [-0.39, 0.29) is 43.8 Å².